The normalized spacial score (nSPS) is 13.6. The summed E-state index contributed by atoms with van der Waals surface area (Å²) < 4.78 is 17.8. The van der Waals surface area contributed by atoms with E-state index in [0.717, 1.165) is 5.57 Å². The van der Waals surface area contributed by atoms with E-state index in [9.17, 15) is 4.57 Å². The Kier molecular flexibility index (Phi) is 7.91. The summed E-state index contributed by atoms with van der Waals surface area (Å²) >= 11 is 0.640. The van der Waals surface area contributed by atoms with Crippen molar-refractivity contribution < 1.29 is 18.8 Å². The van der Waals surface area contributed by atoms with Crippen molar-refractivity contribution in [3.8, 4) is 0 Å². The molecule has 0 radical (unpaired) electrons. The summed E-state index contributed by atoms with van der Waals surface area (Å²) in [5.74, 6) is 0.264. The van der Waals surface area contributed by atoms with Gasteiger partial charge in [-0.25, -0.2) is 4.57 Å². The minimum atomic E-state index is -4.06. The van der Waals surface area contributed by atoms with E-state index in [4.69, 9.17) is 14.2 Å². The number of rotatable bonds is 8. The Morgan fingerprint density at radius 3 is 1.89 bits per heavy atom. The van der Waals surface area contributed by atoms with E-state index in [2.05, 4.69) is 69.3 Å². The molecule has 0 saturated carbocycles. The monoisotopic (exact) mass is 436 g/mol. The lowest BCUT2D eigenvalue weighted by atomic mass is 10.2. The number of benzene rings is 2. The molecule has 2 aromatic rings. The predicted octanol–water partition coefficient (Wildman–Crippen LogP) is 4.34. The Balaban J connectivity index is 2.39. The zero-order valence-corrected chi connectivity index (χ0v) is 19.5. The molecule has 0 aromatic heterocycles. The molecule has 0 fully saturated rings. The van der Waals surface area contributed by atoms with Crippen molar-refractivity contribution in [3.63, 3.8) is 0 Å². The Hall–Kier alpha value is -1.14. The first-order chi connectivity index (χ1) is 13.1. The highest BCUT2D eigenvalue weighted by Crippen LogP contribution is 2.50. The minimum Gasteiger partial charge on any atom is -0.403 e. The van der Waals surface area contributed by atoms with Gasteiger partial charge in [-0.15, -0.1) is 0 Å². The van der Waals surface area contributed by atoms with Crippen LogP contribution < -0.4 is 10.4 Å². The second kappa shape index (κ2) is 9.57. The van der Waals surface area contributed by atoms with Gasteiger partial charge in [0, 0.05) is 5.75 Å². The third-order valence-electron chi connectivity index (χ3n) is 4.61. The highest BCUT2D eigenvalue weighted by Gasteiger charge is 2.50. The van der Waals surface area contributed by atoms with E-state index in [1.54, 1.807) is 0 Å². The molecule has 0 bridgehead atoms. The summed E-state index contributed by atoms with van der Waals surface area (Å²) in [6, 6.07) is 20.8. The molecular formula is C21H29O4PSSi. The van der Waals surface area contributed by atoms with Crippen LogP contribution in [0.15, 0.2) is 72.3 Å². The molecule has 0 heterocycles. The molecule has 0 amide bonds. The third kappa shape index (κ3) is 5.93. The second-order valence-corrected chi connectivity index (χ2v) is 15.9. The van der Waals surface area contributed by atoms with Gasteiger partial charge in [-0.3, -0.25) is 0 Å². The van der Waals surface area contributed by atoms with E-state index < -0.39 is 15.1 Å². The Morgan fingerprint density at radius 2 is 1.50 bits per heavy atom. The van der Waals surface area contributed by atoms with E-state index in [-0.39, 0.29) is 10.8 Å². The van der Waals surface area contributed by atoms with Crippen LogP contribution in [-0.2, 0) is 8.99 Å². The predicted molar refractivity (Wildman–Crippen MR) is 122 cm³/mol. The summed E-state index contributed by atoms with van der Waals surface area (Å²) in [7, 11) is -2.59. The summed E-state index contributed by atoms with van der Waals surface area (Å²) in [6.07, 6.45) is 1.83. The molecule has 2 rings (SSSR count). The maximum absolute atomic E-state index is 11.0. The molecule has 7 heteroatoms. The second-order valence-electron chi connectivity index (χ2n) is 7.79. The summed E-state index contributed by atoms with van der Waals surface area (Å²) in [5, 5.41) is 2.33. The van der Waals surface area contributed by atoms with Crippen molar-refractivity contribution in [1.82, 2.24) is 0 Å². The first-order valence-corrected chi connectivity index (χ1v) is 14.3. The van der Waals surface area contributed by atoms with Crippen LogP contribution in [0.25, 0.3) is 0 Å². The van der Waals surface area contributed by atoms with E-state index in [1.165, 1.54) is 10.4 Å². The SMILES string of the molecule is C/C(=C\CSP(=O)(O)O)CO[Si](c1ccccc1)(c1ccccc1)C(C)(C)C. The molecule has 4 nitrogen and oxygen atoms in total. The fraction of sp³-hybridized carbons (Fsp3) is 0.333. The van der Waals surface area contributed by atoms with Crippen molar-refractivity contribution in [2.75, 3.05) is 12.4 Å². The molecular weight excluding hydrogens is 407 g/mol. The highest BCUT2D eigenvalue weighted by atomic mass is 32.7. The molecule has 28 heavy (non-hydrogen) atoms. The summed E-state index contributed by atoms with van der Waals surface area (Å²) in [4.78, 5) is 18.0. The number of hydrogen-bond acceptors (Lipinski definition) is 3. The quantitative estimate of drug-likeness (QED) is 0.366. The maximum Gasteiger partial charge on any atom is 0.384 e. The lowest BCUT2D eigenvalue weighted by Gasteiger charge is -2.43. The van der Waals surface area contributed by atoms with Gasteiger partial charge < -0.3 is 14.2 Å². The smallest absolute Gasteiger partial charge is 0.384 e. The van der Waals surface area contributed by atoms with Crippen molar-refractivity contribution in [2.45, 2.75) is 32.7 Å². The average molecular weight is 437 g/mol. The first kappa shape index (κ1) is 23.1. The molecule has 0 spiro atoms. The van der Waals surface area contributed by atoms with Gasteiger partial charge in [0.25, 0.3) is 8.32 Å². The van der Waals surface area contributed by atoms with E-state index >= 15 is 0 Å². The summed E-state index contributed by atoms with van der Waals surface area (Å²) in [6.45, 7) is 4.98. The Bertz CT molecular complexity index is 789. The lowest BCUT2D eigenvalue weighted by molar-refractivity contribution is 0.329. The standard InChI is InChI=1S/C21H29O4PSSi/c1-18(15-16-27-26(22,23)24)17-25-28(21(2,3)4,19-11-7-5-8-12-19)20-13-9-6-10-14-20/h5-15H,16-17H2,1-4H3,(H2,22,23,24)/b18-15+. The fourth-order valence-electron chi connectivity index (χ4n) is 3.32. The largest absolute Gasteiger partial charge is 0.403 e. The lowest BCUT2D eigenvalue weighted by Crippen LogP contribution is -2.66. The molecule has 2 aromatic carbocycles. The van der Waals surface area contributed by atoms with Gasteiger partial charge in [0.1, 0.15) is 0 Å². The van der Waals surface area contributed by atoms with Gasteiger partial charge >= 0.3 is 6.80 Å². The maximum atomic E-state index is 11.0. The topological polar surface area (TPSA) is 66.8 Å². The van der Waals surface area contributed by atoms with Gasteiger partial charge in [-0.2, -0.15) is 0 Å². The zero-order chi connectivity index (χ0) is 20.8. The van der Waals surface area contributed by atoms with E-state index in [0.29, 0.717) is 18.0 Å². The van der Waals surface area contributed by atoms with Gasteiger partial charge in [0.15, 0.2) is 0 Å². The van der Waals surface area contributed by atoms with Crippen LogP contribution in [0.1, 0.15) is 27.7 Å². The molecule has 152 valence electrons. The third-order valence-corrected chi connectivity index (χ3v) is 11.7. The minimum absolute atomic E-state index is 0.101. The van der Waals surface area contributed by atoms with Crippen molar-refractivity contribution in [1.29, 1.82) is 0 Å². The highest BCUT2D eigenvalue weighted by molar-refractivity contribution is 8.54. The van der Waals surface area contributed by atoms with E-state index in [1.807, 2.05) is 25.1 Å². The van der Waals surface area contributed by atoms with Crippen LogP contribution in [0.5, 0.6) is 0 Å². The van der Waals surface area contributed by atoms with Gasteiger partial charge in [-0.1, -0.05) is 93.1 Å². The molecule has 0 saturated heterocycles. The molecule has 2 N–H and O–H groups in total. The molecule has 0 aliphatic heterocycles. The number of hydrogen-bond donors (Lipinski definition) is 2. The first-order valence-electron chi connectivity index (χ1n) is 9.17. The van der Waals surface area contributed by atoms with Crippen LogP contribution in [0, 0.1) is 0 Å². The van der Waals surface area contributed by atoms with Crippen molar-refractivity contribution in [3.05, 3.63) is 72.3 Å². The van der Waals surface area contributed by atoms with Gasteiger partial charge in [0.05, 0.1) is 6.61 Å². The zero-order valence-electron chi connectivity index (χ0n) is 16.8. The van der Waals surface area contributed by atoms with Crippen LogP contribution in [0.4, 0.5) is 0 Å². The van der Waals surface area contributed by atoms with Crippen molar-refractivity contribution in [2.24, 2.45) is 0 Å². The Morgan fingerprint density at radius 1 is 1.04 bits per heavy atom. The van der Waals surface area contributed by atoms with Gasteiger partial charge in [-0.05, 0) is 33.7 Å². The van der Waals surface area contributed by atoms with Crippen LogP contribution in [0.2, 0.25) is 5.04 Å². The van der Waals surface area contributed by atoms with Gasteiger partial charge in [0.2, 0.25) is 0 Å². The molecule has 0 aliphatic rings. The van der Waals surface area contributed by atoms with Crippen LogP contribution >= 0.6 is 18.2 Å². The fourth-order valence-corrected chi connectivity index (χ4v) is 9.28. The van der Waals surface area contributed by atoms with Crippen molar-refractivity contribution >= 4 is 36.9 Å². The summed E-state index contributed by atoms with van der Waals surface area (Å²) in [5.41, 5.74) is 0.967. The van der Waals surface area contributed by atoms with Crippen LogP contribution in [-0.4, -0.2) is 30.5 Å². The molecule has 0 atom stereocenters. The average Bonchev–Trinajstić information content (AvgIpc) is 2.62. The molecule has 0 aliphatic carbocycles. The van der Waals surface area contributed by atoms with Crippen LogP contribution in [0.3, 0.4) is 0 Å². The Labute approximate surface area is 173 Å². The molecule has 0 unspecified atom stereocenters.